The number of benzene rings is 1. The Hall–Kier alpha value is -2.44. The van der Waals surface area contributed by atoms with Crippen LogP contribution in [0, 0.1) is 16.0 Å². The van der Waals surface area contributed by atoms with Crippen LogP contribution in [-0.2, 0) is 19.1 Å². The van der Waals surface area contributed by atoms with Crippen LogP contribution < -0.4 is 0 Å². The number of esters is 2. The van der Waals surface area contributed by atoms with Gasteiger partial charge in [0.1, 0.15) is 0 Å². The van der Waals surface area contributed by atoms with Crippen LogP contribution in [0.1, 0.15) is 38.7 Å². The maximum absolute atomic E-state index is 12.4. The summed E-state index contributed by atoms with van der Waals surface area (Å²) in [5.41, 5.74) is 0.534. The minimum atomic E-state index is -1.37. The number of ether oxygens (including phenoxy) is 2. The van der Waals surface area contributed by atoms with Crippen LogP contribution in [-0.4, -0.2) is 36.1 Å². The van der Waals surface area contributed by atoms with Crippen molar-refractivity contribution in [3.05, 3.63) is 46.0 Å². The Bertz CT molecular complexity index is 541. The lowest BCUT2D eigenvalue weighted by Gasteiger charge is -2.26. The average molecular weight is 337 g/mol. The lowest BCUT2D eigenvalue weighted by atomic mass is 9.79. The SMILES string of the molecule is CCOC(=O)C(C(=O)OCC)[C@@H](c1ccccc1)[C@@H](CC)[N+](=O)[O-]. The quantitative estimate of drug-likeness (QED) is 0.297. The minimum absolute atomic E-state index is 0.0749. The van der Waals surface area contributed by atoms with Gasteiger partial charge in [0.2, 0.25) is 6.04 Å². The molecule has 0 radical (unpaired) electrons. The molecule has 0 aliphatic heterocycles. The van der Waals surface area contributed by atoms with Crippen molar-refractivity contribution in [2.24, 2.45) is 5.92 Å². The second-order valence-electron chi connectivity index (χ2n) is 5.18. The van der Waals surface area contributed by atoms with E-state index in [0.29, 0.717) is 5.56 Å². The summed E-state index contributed by atoms with van der Waals surface area (Å²) in [7, 11) is 0. The van der Waals surface area contributed by atoms with Gasteiger partial charge in [0, 0.05) is 11.3 Å². The van der Waals surface area contributed by atoms with Crippen molar-refractivity contribution in [1.82, 2.24) is 0 Å². The number of hydrogen-bond donors (Lipinski definition) is 0. The smallest absolute Gasteiger partial charge is 0.321 e. The third-order valence-corrected chi connectivity index (χ3v) is 3.73. The van der Waals surface area contributed by atoms with Crippen LogP contribution in [0.15, 0.2) is 30.3 Å². The van der Waals surface area contributed by atoms with Crippen molar-refractivity contribution in [1.29, 1.82) is 0 Å². The van der Waals surface area contributed by atoms with Crippen LogP contribution in [0.25, 0.3) is 0 Å². The molecule has 132 valence electrons. The first kappa shape index (κ1) is 19.6. The zero-order valence-corrected chi connectivity index (χ0v) is 14.1. The van der Waals surface area contributed by atoms with Gasteiger partial charge in [0.25, 0.3) is 0 Å². The van der Waals surface area contributed by atoms with Gasteiger partial charge in [-0.25, -0.2) is 0 Å². The van der Waals surface area contributed by atoms with Gasteiger partial charge < -0.3 is 9.47 Å². The molecule has 1 aromatic rings. The van der Waals surface area contributed by atoms with Gasteiger partial charge in [-0.05, 0) is 19.4 Å². The van der Waals surface area contributed by atoms with E-state index in [1.165, 1.54) is 0 Å². The molecule has 24 heavy (non-hydrogen) atoms. The van der Waals surface area contributed by atoms with Gasteiger partial charge >= 0.3 is 11.9 Å². The molecule has 0 amide bonds. The van der Waals surface area contributed by atoms with Crippen molar-refractivity contribution in [3.63, 3.8) is 0 Å². The van der Waals surface area contributed by atoms with E-state index in [1.54, 1.807) is 51.1 Å². The highest BCUT2D eigenvalue weighted by Crippen LogP contribution is 2.33. The van der Waals surface area contributed by atoms with Crippen molar-refractivity contribution in [2.45, 2.75) is 39.2 Å². The summed E-state index contributed by atoms with van der Waals surface area (Å²) in [5, 5.41) is 11.5. The summed E-state index contributed by atoms with van der Waals surface area (Å²) >= 11 is 0. The summed E-state index contributed by atoms with van der Waals surface area (Å²) in [4.78, 5) is 35.8. The molecule has 7 heteroatoms. The van der Waals surface area contributed by atoms with Crippen molar-refractivity contribution in [3.8, 4) is 0 Å². The maximum atomic E-state index is 12.4. The normalized spacial score (nSPS) is 13.2. The average Bonchev–Trinajstić information content (AvgIpc) is 2.55. The van der Waals surface area contributed by atoms with Crippen LogP contribution in [0.2, 0.25) is 0 Å². The fourth-order valence-electron chi connectivity index (χ4n) is 2.70. The van der Waals surface area contributed by atoms with Crippen LogP contribution >= 0.6 is 0 Å². The summed E-state index contributed by atoms with van der Waals surface area (Å²) in [6, 6.07) is 7.42. The van der Waals surface area contributed by atoms with Gasteiger partial charge in [-0.3, -0.25) is 19.7 Å². The molecule has 0 fully saturated rings. The van der Waals surface area contributed by atoms with E-state index in [1.807, 2.05) is 0 Å². The van der Waals surface area contributed by atoms with Crippen molar-refractivity contribution >= 4 is 11.9 Å². The first-order valence-corrected chi connectivity index (χ1v) is 7.99. The fourth-order valence-corrected chi connectivity index (χ4v) is 2.70. The van der Waals surface area contributed by atoms with Crippen molar-refractivity contribution in [2.75, 3.05) is 13.2 Å². The van der Waals surface area contributed by atoms with Gasteiger partial charge in [0.05, 0.1) is 19.1 Å². The molecule has 0 unspecified atom stereocenters. The Labute approximate surface area is 141 Å². The Morgan fingerprint density at radius 2 is 1.54 bits per heavy atom. The molecular weight excluding hydrogens is 314 g/mol. The van der Waals surface area contributed by atoms with Gasteiger partial charge in [0.15, 0.2) is 5.92 Å². The van der Waals surface area contributed by atoms with E-state index in [4.69, 9.17) is 9.47 Å². The molecule has 0 aliphatic carbocycles. The summed E-state index contributed by atoms with van der Waals surface area (Å²) < 4.78 is 9.97. The van der Waals surface area contributed by atoms with E-state index >= 15 is 0 Å². The monoisotopic (exact) mass is 337 g/mol. The van der Waals surface area contributed by atoms with Crippen LogP contribution in [0.3, 0.4) is 0 Å². The highest BCUT2D eigenvalue weighted by molar-refractivity contribution is 5.96. The number of nitrogens with zero attached hydrogens (tertiary/aromatic N) is 1. The molecule has 1 aromatic carbocycles. The number of hydrogen-bond acceptors (Lipinski definition) is 6. The Balaban J connectivity index is 3.41. The molecular formula is C17H23NO6. The zero-order chi connectivity index (χ0) is 18.1. The highest BCUT2D eigenvalue weighted by atomic mass is 16.6. The molecule has 0 saturated heterocycles. The summed E-state index contributed by atoms with van der Waals surface area (Å²) in [6.07, 6.45) is 0.169. The first-order chi connectivity index (χ1) is 11.5. The van der Waals surface area contributed by atoms with E-state index in [0.717, 1.165) is 0 Å². The van der Waals surface area contributed by atoms with Crippen LogP contribution in [0.4, 0.5) is 0 Å². The lowest BCUT2D eigenvalue weighted by molar-refractivity contribution is -0.528. The topological polar surface area (TPSA) is 95.7 Å². The summed E-state index contributed by atoms with van der Waals surface area (Å²) in [6.45, 7) is 5.03. The van der Waals surface area contributed by atoms with Crippen LogP contribution in [0.5, 0.6) is 0 Å². The second-order valence-corrected chi connectivity index (χ2v) is 5.18. The van der Waals surface area contributed by atoms with Gasteiger partial charge in [-0.2, -0.15) is 0 Å². The molecule has 0 N–H and O–H groups in total. The van der Waals surface area contributed by atoms with E-state index in [2.05, 4.69) is 0 Å². The molecule has 0 heterocycles. The predicted molar refractivity (Wildman–Crippen MR) is 87.0 cm³/mol. The minimum Gasteiger partial charge on any atom is -0.465 e. The number of rotatable bonds is 9. The molecule has 0 bridgehead atoms. The maximum Gasteiger partial charge on any atom is 0.321 e. The third-order valence-electron chi connectivity index (χ3n) is 3.73. The number of nitro groups is 1. The first-order valence-electron chi connectivity index (χ1n) is 7.99. The molecule has 7 nitrogen and oxygen atoms in total. The standard InChI is InChI=1S/C17H23NO6/c1-4-13(18(21)22)14(12-10-8-7-9-11-12)15(16(19)23-5-2)17(20)24-6-3/h7-11,13-15H,4-6H2,1-3H3/t13-,14+/m1/s1. The predicted octanol–water partition coefficient (Wildman–Crippen LogP) is 2.57. The number of carbonyl (C=O) groups excluding carboxylic acids is 2. The Morgan fingerprint density at radius 1 is 1.04 bits per heavy atom. The molecule has 0 aromatic heterocycles. The molecule has 0 saturated carbocycles. The highest BCUT2D eigenvalue weighted by Gasteiger charge is 2.46. The fraction of sp³-hybridized carbons (Fsp3) is 0.529. The molecule has 0 aliphatic rings. The third kappa shape index (κ3) is 4.78. The van der Waals surface area contributed by atoms with E-state index < -0.39 is 34.7 Å². The van der Waals surface area contributed by atoms with E-state index in [9.17, 15) is 19.7 Å². The largest absolute Gasteiger partial charge is 0.465 e. The Morgan fingerprint density at radius 3 is 1.92 bits per heavy atom. The molecule has 1 rings (SSSR count). The second kappa shape index (κ2) is 9.64. The Kier molecular flexibility index (Phi) is 7.88. The lowest BCUT2D eigenvalue weighted by Crippen LogP contribution is -2.41. The van der Waals surface area contributed by atoms with Gasteiger partial charge in [-0.1, -0.05) is 37.3 Å². The molecule has 2 atom stereocenters. The molecule has 0 spiro atoms. The van der Waals surface area contributed by atoms with E-state index in [-0.39, 0.29) is 19.6 Å². The summed E-state index contributed by atoms with van der Waals surface area (Å²) in [5.74, 6) is -3.93. The zero-order valence-electron chi connectivity index (χ0n) is 14.1. The van der Waals surface area contributed by atoms with Crippen molar-refractivity contribution < 1.29 is 24.0 Å². The van der Waals surface area contributed by atoms with Gasteiger partial charge in [-0.15, -0.1) is 0 Å². The number of carbonyl (C=O) groups is 2.